The highest BCUT2D eigenvalue weighted by Crippen LogP contribution is 2.10. The maximum Gasteiger partial charge on any atom is 0.0686 e. The van der Waals surface area contributed by atoms with E-state index in [9.17, 15) is 0 Å². The predicted octanol–water partition coefficient (Wildman–Crippen LogP) is 2.84. The molecule has 1 aromatic carbocycles. The Labute approximate surface area is 90.5 Å². The van der Waals surface area contributed by atoms with Crippen molar-refractivity contribution in [3.8, 4) is 12.3 Å². The van der Waals surface area contributed by atoms with Crippen LogP contribution in [0, 0.1) is 12.3 Å². The second-order valence-electron chi connectivity index (χ2n) is 3.14. The fourth-order valence-electron chi connectivity index (χ4n) is 1.21. The molecule has 0 aliphatic rings. The van der Waals surface area contributed by atoms with Crippen molar-refractivity contribution in [2.75, 3.05) is 0 Å². The molecule has 1 aromatic rings. The standard InChI is InChI=1S/C12H14ClN/c1-3-12(4-2)14-9-10-6-5-7-11(13)8-10/h1,5-8,12,14H,4,9H2,2H3. The lowest BCUT2D eigenvalue weighted by Gasteiger charge is -2.10. The highest BCUT2D eigenvalue weighted by atomic mass is 35.5. The molecule has 0 heterocycles. The largest absolute Gasteiger partial charge is 0.300 e. The molecule has 1 nitrogen and oxygen atoms in total. The first kappa shape index (κ1) is 11.1. The minimum absolute atomic E-state index is 0.147. The number of halogens is 1. The van der Waals surface area contributed by atoms with Gasteiger partial charge in [-0.15, -0.1) is 6.42 Å². The minimum Gasteiger partial charge on any atom is -0.300 e. The Kier molecular flexibility index (Phi) is 4.52. The summed E-state index contributed by atoms with van der Waals surface area (Å²) in [5.41, 5.74) is 1.16. The Morgan fingerprint density at radius 3 is 2.93 bits per heavy atom. The normalized spacial score (nSPS) is 12.1. The van der Waals surface area contributed by atoms with Gasteiger partial charge in [0, 0.05) is 11.6 Å². The van der Waals surface area contributed by atoms with Crippen LogP contribution in [-0.2, 0) is 6.54 Å². The molecular formula is C12H14ClN. The highest BCUT2D eigenvalue weighted by Gasteiger charge is 2.00. The maximum atomic E-state index is 5.86. The molecule has 0 fully saturated rings. The van der Waals surface area contributed by atoms with E-state index in [1.54, 1.807) is 0 Å². The summed E-state index contributed by atoms with van der Waals surface area (Å²) in [5, 5.41) is 4.03. The van der Waals surface area contributed by atoms with Gasteiger partial charge in [-0.25, -0.2) is 0 Å². The van der Waals surface area contributed by atoms with E-state index in [0.717, 1.165) is 23.6 Å². The molecule has 1 unspecified atom stereocenters. The lowest BCUT2D eigenvalue weighted by Crippen LogP contribution is -2.26. The van der Waals surface area contributed by atoms with Crippen LogP contribution in [0.2, 0.25) is 5.02 Å². The number of benzene rings is 1. The van der Waals surface area contributed by atoms with Gasteiger partial charge in [0.05, 0.1) is 6.04 Å². The topological polar surface area (TPSA) is 12.0 Å². The summed E-state index contributed by atoms with van der Waals surface area (Å²) in [7, 11) is 0. The van der Waals surface area contributed by atoms with Crippen LogP contribution in [0.25, 0.3) is 0 Å². The molecule has 2 heteroatoms. The molecule has 0 radical (unpaired) electrons. The van der Waals surface area contributed by atoms with Gasteiger partial charge >= 0.3 is 0 Å². The van der Waals surface area contributed by atoms with Gasteiger partial charge in [-0.1, -0.05) is 36.6 Å². The van der Waals surface area contributed by atoms with Crippen molar-refractivity contribution in [2.24, 2.45) is 0 Å². The molecule has 1 rings (SSSR count). The summed E-state index contributed by atoms with van der Waals surface area (Å²) in [5.74, 6) is 2.69. The van der Waals surface area contributed by atoms with Crippen molar-refractivity contribution in [3.63, 3.8) is 0 Å². The number of terminal acetylenes is 1. The molecule has 1 atom stereocenters. The lowest BCUT2D eigenvalue weighted by molar-refractivity contribution is 0.592. The van der Waals surface area contributed by atoms with Crippen LogP contribution < -0.4 is 5.32 Å². The first-order valence-corrected chi connectivity index (χ1v) is 5.08. The van der Waals surface area contributed by atoms with Crippen LogP contribution in [0.5, 0.6) is 0 Å². The predicted molar refractivity (Wildman–Crippen MR) is 61.2 cm³/mol. The van der Waals surface area contributed by atoms with Crippen LogP contribution in [0.1, 0.15) is 18.9 Å². The van der Waals surface area contributed by atoms with Crippen molar-refractivity contribution < 1.29 is 0 Å². The average molecular weight is 208 g/mol. The Hall–Kier alpha value is -0.970. The highest BCUT2D eigenvalue weighted by molar-refractivity contribution is 6.30. The first-order valence-electron chi connectivity index (χ1n) is 4.70. The summed E-state index contributed by atoms with van der Waals surface area (Å²) in [6.07, 6.45) is 6.28. The minimum atomic E-state index is 0.147. The SMILES string of the molecule is C#CC(CC)NCc1cccc(Cl)c1. The second-order valence-corrected chi connectivity index (χ2v) is 3.57. The van der Waals surface area contributed by atoms with E-state index >= 15 is 0 Å². The molecule has 1 N–H and O–H groups in total. The summed E-state index contributed by atoms with van der Waals surface area (Å²) in [6, 6.07) is 7.92. The van der Waals surface area contributed by atoms with Gasteiger partial charge in [0.25, 0.3) is 0 Å². The fourth-order valence-corrected chi connectivity index (χ4v) is 1.42. The van der Waals surface area contributed by atoms with Crippen molar-refractivity contribution in [3.05, 3.63) is 34.9 Å². The van der Waals surface area contributed by atoms with E-state index in [-0.39, 0.29) is 6.04 Å². The zero-order chi connectivity index (χ0) is 10.4. The zero-order valence-corrected chi connectivity index (χ0v) is 9.01. The van der Waals surface area contributed by atoms with Crippen molar-refractivity contribution in [2.45, 2.75) is 25.9 Å². The van der Waals surface area contributed by atoms with Crippen LogP contribution in [0.4, 0.5) is 0 Å². The smallest absolute Gasteiger partial charge is 0.0686 e. The van der Waals surface area contributed by atoms with Crippen LogP contribution in [-0.4, -0.2) is 6.04 Å². The third-order valence-electron chi connectivity index (χ3n) is 2.05. The van der Waals surface area contributed by atoms with E-state index in [2.05, 4.69) is 18.2 Å². The Morgan fingerprint density at radius 1 is 1.57 bits per heavy atom. The quantitative estimate of drug-likeness (QED) is 0.749. The Balaban J connectivity index is 2.50. The molecule has 0 aliphatic heterocycles. The number of rotatable bonds is 4. The van der Waals surface area contributed by atoms with Gasteiger partial charge in [-0.05, 0) is 24.1 Å². The molecule has 0 spiro atoms. The third kappa shape index (κ3) is 3.41. The zero-order valence-electron chi connectivity index (χ0n) is 8.26. The van der Waals surface area contributed by atoms with E-state index in [4.69, 9.17) is 18.0 Å². The summed E-state index contributed by atoms with van der Waals surface area (Å²) >= 11 is 5.86. The molecule has 0 aliphatic carbocycles. The fraction of sp³-hybridized carbons (Fsp3) is 0.333. The van der Waals surface area contributed by atoms with Crippen LogP contribution in [0.3, 0.4) is 0 Å². The van der Waals surface area contributed by atoms with Crippen LogP contribution >= 0.6 is 11.6 Å². The molecular weight excluding hydrogens is 194 g/mol. The molecule has 0 aromatic heterocycles. The summed E-state index contributed by atoms with van der Waals surface area (Å²) < 4.78 is 0. The monoisotopic (exact) mass is 207 g/mol. The second kappa shape index (κ2) is 5.70. The average Bonchev–Trinajstić information content (AvgIpc) is 2.19. The number of hydrogen-bond acceptors (Lipinski definition) is 1. The molecule has 74 valence electrons. The van der Waals surface area contributed by atoms with Gasteiger partial charge in [0.1, 0.15) is 0 Å². The Bertz CT molecular complexity index is 327. The molecule has 0 amide bonds. The van der Waals surface area contributed by atoms with Gasteiger partial charge < -0.3 is 0 Å². The van der Waals surface area contributed by atoms with E-state index in [1.807, 2.05) is 24.3 Å². The van der Waals surface area contributed by atoms with E-state index in [1.165, 1.54) is 0 Å². The summed E-state index contributed by atoms with van der Waals surface area (Å²) in [6.45, 7) is 2.83. The maximum absolute atomic E-state index is 5.86. The van der Waals surface area contributed by atoms with E-state index < -0.39 is 0 Å². The van der Waals surface area contributed by atoms with E-state index in [0.29, 0.717) is 0 Å². The van der Waals surface area contributed by atoms with Gasteiger partial charge in [0.15, 0.2) is 0 Å². The Morgan fingerprint density at radius 2 is 2.36 bits per heavy atom. The molecule has 14 heavy (non-hydrogen) atoms. The van der Waals surface area contributed by atoms with Crippen LogP contribution in [0.15, 0.2) is 24.3 Å². The van der Waals surface area contributed by atoms with Gasteiger partial charge in [-0.3, -0.25) is 5.32 Å². The molecule has 0 bridgehead atoms. The van der Waals surface area contributed by atoms with Gasteiger partial charge in [-0.2, -0.15) is 0 Å². The van der Waals surface area contributed by atoms with Crippen molar-refractivity contribution in [1.82, 2.24) is 5.32 Å². The van der Waals surface area contributed by atoms with Crippen molar-refractivity contribution >= 4 is 11.6 Å². The molecule has 0 saturated heterocycles. The number of hydrogen-bond donors (Lipinski definition) is 1. The number of nitrogens with one attached hydrogen (secondary N) is 1. The summed E-state index contributed by atoms with van der Waals surface area (Å²) in [4.78, 5) is 0. The van der Waals surface area contributed by atoms with Gasteiger partial charge in [0.2, 0.25) is 0 Å². The third-order valence-corrected chi connectivity index (χ3v) is 2.29. The van der Waals surface area contributed by atoms with Crippen molar-refractivity contribution in [1.29, 1.82) is 0 Å². The first-order chi connectivity index (χ1) is 6.76. The lowest BCUT2D eigenvalue weighted by atomic mass is 10.2. The molecule has 0 saturated carbocycles.